The third kappa shape index (κ3) is 3.64. The molecule has 0 aromatic heterocycles. The van der Waals surface area contributed by atoms with Crippen LogP contribution in [0.2, 0.25) is 0 Å². The summed E-state index contributed by atoms with van der Waals surface area (Å²) in [6.45, 7) is 8.52. The molecule has 0 aromatic carbocycles. The van der Waals surface area contributed by atoms with Crippen molar-refractivity contribution in [3.05, 3.63) is 0 Å². The van der Waals surface area contributed by atoms with Crippen LogP contribution in [0, 0.1) is 5.41 Å². The number of aliphatic carboxylic acids is 1. The summed E-state index contributed by atoms with van der Waals surface area (Å²) in [5.74, 6) is -0.757. The van der Waals surface area contributed by atoms with Crippen LogP contribution in [-0.4, -0.2) is 53.1 Å². The molecule has 1 atom stereocenters. The number of carboxylic acid groups (broad SMARTS) is 1. The number of carbonyl (C=O) groups is 2. The number of hydrogen-bond donors (Lipinski definition) is 1. The fourth-order valence-electron chi connectivity index (χ4n) is 3.04. The Morgan fingerprint density at radius 1 is 1.15 bits per heavy atom. The Labute approximate surface area is 121 Å². The second kappa shape index (κ2) is 7.50. The number of hydrogen-bond acceptors (Lipinski definition) is 2. The molecule has 0 aliphatic carbocycles. The van der Waals surface area contributed by atoms with E-state index in [1.54, 1.807) is 4.90 Å². The molecule has 5 nitrogen and oxygen atoms in total. The number of rotatable bonds is 7. The second-order valence-electron chi connectivity index (χ2n) is 5.78. The summed E-state index contributed by atoms with van der Waals surface area (Å²) in [4.78, 5) is 27.6. The highest BCUT2D eigenvalue weighted by atomic mass is 16.4. The lowest BCUT2D eigenvalue weighted by Crippen LogP contribution is -2.44. The quantitative estimate of drug-likeness (QED) is 0.782. The van der Waals surface area contributed by atoms with Gasteiger partial charge in [-0.15, -0.1) is 0 Å². The zero-order valence-electron chi connectivity index (χ0n) is 13.0. The van der Waals surface area contributed by atoms with Gasteiger partial charge < -0.3 is 14.9 Å². The summed E-state index contributed by atoms with van der Waals surface area (Å²) in [6, 6.07) is 0.00734. The minimum Gasteiger partial charge on any atom is -0.481 e. The summed E-state index contributed by atoms with van der Waals surface area (Å²) in [5.41, 5.74) is -0.728. The molecule has 1 aliphatic rings. The van der Waals surface area contributed by atoms with Gasteiger partial charge in [-0.05, 0) is 25.7 Å². The van der Waals surface area contributed by atoms with Crippen LogP contribution in [0.1, 0.15) is 52.9 Å². The Kier molecular flexibility index (Phi) is 6.30. The van der Waals surface area contributed by atoms with Gasteiger partial charge in [-0.1, -0.05) is 27.2 Å². The van der Waals surface area contributed by atoms with Crippen molar-refractivity contribution >= 4 is 12.0 Å². The molecule has 0 bridgehead atoms. The molecule has 20 heavy (non-hydrogen) atoms. The molecule has 0 aromatic rings. The average Bonchev–Trinajstić information content (AvgIpc) is 2.84. The van der Waals surface area contributed by atoms with Crippen LogP contribution >= 0.6 is 0 Å². The first-order valence-electron chi connectivity index (χ1n) is 7.78. The molecule has 1 N–H and O–H groups in total. The Bertz CT molecular complexity index is 340. The van der Waals surface area contributed by atoms with Crippen molar-refractivity contribution in [2.24, 2.45) is 5.41 Å². The third-order valence-electron chi connectivity index (χ3n) is 4.06. The van der Waals surface area contributed by atoms with E-state index in [1.807, 2.05) is 11.8 Å². The van der Waals surface area contributed by atoms with Gasteiger partial charge in [0.25, 0.3) is 0 Å². The minimum atomic E-state index is -0.757. The molecule has 116 valence electrons. The van der Waals surface area contributed by atoms with E-state index in [-0.39, 0.29) is 6.03 Å². The van der Waals surface area contributed by atoms with Crippen LogP contribution in [0.25, 0.3) is 0 Å². The largest absolute Gasteiger partial charge is 0.481 e. The van der Waals surface area contributed by atoms with Gasteiger partial charge in [-0.2, -0.15) is 0 Å². The molecule has 1 unspecified atom stereocenters. The first kappa shape index (κ1) is 16.8. The molecular formula is C15H28N2O3. The average molecular weight is 284 g/mol. The Morgan fingerprint density at radius 3 is 2.20 bits per heavy atom. The van der Waals surface area contributed by atoms with Crippen molar-refractivity contribution in [3.63, 3.8) is 0 Å². The zero-order valence-corrected chi connectivity index (χ0v) is 13.0. The second-order valence-corrected chi connectivity index (χ2v) is 5.78. The summed E-state index contributed by atoms with van der Waals surface area (Å²) in [6.07, 6.45) is 3.92. The standard InChI is InChI=1S/C15H28N2O3/c1-4-7-15(13(18)19)8-11-17(12-15)14(20)16(9-5-2)10-6-3/h4-12H2,1-3H3,(H,18,19). The van der Waals surface area contributed by atoms with E-state index in [4.69, 9.17) is 0 Å². The van der Waals surface area contributed by atoms with Gasteiger partial charge in [0.2, 0.25) is 0 Å². The first-order valence-corrected chi connectivity index (χ1v) is 7.78. The lowest BCUT2D eigenvalue weighted by molar-refractivity contribution is -0.148. The van der Waals surface area contributed by atoms with E-state index in [2.05, 4.69) is 13.8 Å². The molecule has 2 amide bonds. The summed E-state index contributed by atoms with van der Waals surface area (Å²) >= 11 is 0. The molecule has 1 heterocycles. The third-order valence-corrected chi connectivity index (χ3v) is 4.06. The van der Waals surface area contributed by atoms with Crippen LogP contribution in [0.4, 0.5) is 4.79 Å². The number of amides is 2. The first-order chi connectivity index (χ1) is 9.50. The smallest absolute Gasteiger partial charge is 0.320 e. The Balaban J connectivity index is 2.73. The van der Waals surface area contributed by atoms with Gasteiger partial charge >= 0.3 is 12.0 Å². The fraction of sp³-hybridized carbons (Fsp3) is 0.867. The van der Waals surface area contributed by atoms with Crippen molar-refractivity contribution < 1.29 is 14.7 Å². The van der Waals surface area contributed by atoms with Crippen LogP contribution in [0.5, 0.6) is 0 Å². The number of nitrogens with zero attached hydrogens (tertiary/aromatic N) is 2. The van der Waals surface area contributed by atoms with Crippen LogP contribution < -0.4 is 0 Å². The van der Waals surface area contributed by atoms with Crippen molar-refractivity contribution in [2.45, 2.75) is 52.9 Å². The van der Waals surface area contributed by atoms with Gasteiger partial charge in [0.05, 0.1) is 5.41 Å². The highest BCUT2D eigenvalue weighted by Gasteiger charge is 2.45. The fourth-order valence-corrected chi connectivity index (χ4v) is 3.04. The van der Waals surface area contributed by atoms with E-state index in [9.17, 15) is 14.7 Å². The maximum absolute atomic E-state index is 12.5. The van der Waals surface area contributed by atoms with Crippen LogP contribution in [-0.2, 0) is 4.79 Å². The van der Waals surface area contributed by atoms with Crippen LogP contribution in [0.15, 0.2) is 0 Å². The van der Waals surface area contributed by atoms with Gasteiger partial charge in [0.1, 0.15) is 0 Å². The molecule has 0 spiro atoms. The molecule has 1 saturated heterocycles. The van der Waals surface area contributed by atoms with E-state index in [0.717, 1.165) is 32.4 Å². The number of carboxylic acids is 1. The highest BCUT2D eigenvalue weighted by molar-refractivity contribution is 5.79. The van der Waals surface area contributed by atoms with Crippen molar-refractivity contribution in [2.75, 3.05) is 26.2 Å². The number of likely N-dealkylation sites (tertiary alicyclic amines) is 1. The normalized spacial score (nSPS) is 22.1. The summed E-state index contributed by atoms with van der Waals surface area (Å²) < 4.78 is 0. The van der Waals surface area contributed by atoms with Gasteiger partial charge in [-0.25, -0.2) is 4.79 Å². The SMILES string of the molecule is CCCN(CCC)C(=O)N1CCC(CCC)(C(=O)O)C1. The van der Waals surface area contributed by atoms with E-state index >= 15 is 0 Å². The Morgan fingerprint density at radius 2 is 1.75 bits per heavy atom. The summed E-state index contributed by atoms with van der Waals surface area (Å²) in [7, 11) is 0. The monoisotopic (exact) mass is 284 g/mol. The topological polar surface area (TPSA) is 60.9 Å². The van der Waals surface area contributed by atoms with E-state index < -0.39 is 11.4 Å². The van der Waals surface area contributed by atoms with E-state index in [0.29, 0.717) is 25.9 Å². The lowest BCUT2D eigenvalue weighted by atomic mass is 9.83. The van der Waals surface area contributed by atoms with Crippen LogP contribution in [0.3, 0.4) is 0 Å². The van der Waals surface area contributed by atoms with Gasteiger partial charge in [0.15, 0.2) is 0 Å². The molecule has 5 heteroatoms. The van der Waals surface area contributed by atoms with Crippen molar-refractivity contribution in [3.8, 4) is 0 Å². The predicted octanol–water partition coefficient (Wildman–Crippen LogP) is 2.81. The lowest BCUT2D eigenvalue weighted by Gasteiger charge is -2.29. The predicted molar refractivity (Wildman–Crippen MR) is 78.7 cm³/mol. The summed E-state index contributed by atoms with van der Waals surface area (Å²) in [5, 5.41) is 9.49. The molecule has 1 aliphatic heterocycles. The van der Waals surface area contributed by atoms with Crippen molar-refractivity contribution in [1.82, 2.24) is 9.80 Å². The van der Waals surface area contributed by atoms with Gasteiger partial charge in [-0.3, -0.25) is 4.79 Å². The highest BCUT2D eigenvalue weighted by Crippen LogP contribution is 2.36. The Hall–Kier alpha value is -1.26. The minimum absolute atomic E-state index is 0.00734. The molecule has 1 fully saturated rings. The molecule has 0 radical (unpaired) electrons. The van der Waals surface area contributed by atoms with Crippen molar-refractivity contribution in [1.29, 1.82) is 0 Å². The maximum Gasteiger partial charge on any atom is 0.320 e. The molecule has 0 saturated carbocycles. The van der Waals surface area contributed by atoms with Gasteiger partial charge in [0, 0.05) is 26.2 Å². The number of urea groups is 1. The maximum atomic E-state index is 12.5. The molecular weight excluding hydrogens is 256 g/mol. The molecule has 1 rings (SSSR count). The zero-order chi connectivity index (χ0) is 15.2. The number of carbonyl (C=O) groups excluding carboxylic acids is 1. The van der Waals surface area contributed by atoms with E-state index in [1.165, 1.54) is 0 Å².